The number of nitrogens with zero attached hydrogens (tertiary/aromatic N) is 4. The molecule has 5 heteroatoms. The van der Waals surface area contributed by atoms with Crippen molar-refractivity contribution < 1.29 is 4.74 Å². The summed E-state index contributed by atoms with van der Waals surface area (Å²) in [6.07, 6.45) is 3.54. The Bertz CT molecular complexity index is 1040. The van der Waals surface area contributed by atoms with Gasteiger partial charge in [0.15, 0.2) is 5.82 Å². The van der Waals surface area contributed by atoms with Crippen molar-refractivity contribution in [2.75, 3.05) is 25.1 Å². The first-order chi connectivity index (χ1) is 13.8. The Morgan fingerprint density at radius 3 is 2.54 bits per heavy atom. The van der Waals surface area contributed by atoms with Crippen molar-refractivity contribution in [2.45, 2.75) is 6.61 Å². The Balaban J connectivity index is 1.53. The molecule has 0 saturated heterocycles. The number of anilines is 1. The molecule has 4 aromatic rings. The molecule has 4 rings (SSSR count). The number of hydrogen-bond donors (Lipinski definition) is 0. The first kappa shape index (κ1) is 18.1. The number of hydrogen-bond acceptors (Lipinski definition) is 5. The van der Waals surface area contributed by atoms with E-state index in [0.29, 0.717) is 19.0 Å². The number of likely N-dealkylation sites (N-methyl/N-ethyl adjacent to an activating group) is 1. The molecule has 0 spiro atoms. The third-order valence-corrected chi connectivity index (χ3v) is 4.55. The van der Waals surface area contributed by atoms with E-state index in [2.05, 4.69) is 28.1 Å². The molecule has 0 atom stereocenters. The predicted octanol–water partition coefficient (Wildman–Crippen LogP) is 4.34. The van der Waals surface area contributed by atoms with Crippen LogP contribution in [0.5, 0.6) is 0 Å². The largest absolute Gasteiger partial charge is 0.375 e. The van der Waals surface area contributed by atoms with Gasteiger partial charge in [-0.1, -0.05) is 42.5 Å². The van der Waals surface area contributed by atoms with Gasteiger partial charge in [-0.15, -0.1) is 0 Å². The molecule has 0 N–H and O–H groups in total. The fourth-order valence-electron chi connectivity index (χ4n) is 3.05. The molecular formula is C23H22N4O. The van der Waals surface area contributed by atoms with Gasteiger partial charge in [-0.3, -0.25) is 4.98 Å². The predicted molar refractivity (Wildman–Crippen MR) is 112 cm³/mol. The summed E-state index contributed by atoms with van der Waals surface area (Å²) in [4.78, 5) is 15.9. The molecule has 28 heavy (non-hydrogen) atoms. The highest BCUT2D eigenvalue weighted by Gasteiger charge is 2.12. The molecule has 2 aromatic carbocycles. The number of benzene rings is 2. The van der Waals surface area contributed by atoms with Gasteiger partial charge in [0.05, 0.1) is 18.7 Å². The van der Waals surface area contributed by atoms with E-state index in [1.54, 1.807) is 12.4 Å². The second-order valence-corrected chi connectivity index (χ2v) is 6.59. The lowest BCUT2D eigenvalue weighted by atomic mass is 10.2. The molecule has 0 amide bonds. The number of fused-ring (bicyclic) bond motifs is 1. The van der Waals surface area contributed by atoms with Crippen LogP contribution in [0.15, 0.2) is 79.1 Å². The Hall–Kier alpha value is -3.31. The van der Waals surface area contributed by atoms with Crippen LogP contribution >= 0.6 is 0 Å². The third-order valence-electron chi connectivity index (χ3n) is 4.55. The van der Waals surface area contributed by atoms with Gasteiger partial charge in [-0.05, 0) is 29.8 Å². The Labute approximate surface area is 164 Å². The SMILES string of the molecule is CN(CCOCc1ccccc1)c1nc(-c2cccnc2)nc2ccccc12. The molecule has 0 aliphatic carbocycles. The third kappa shape index (κ3) is 4.15. The van der Waals surface area contributed by atoms with Crippen molar-refractivity contribution in [1.29, 1.82) is 0 Å². The Morgan fingerprint density at radius 2 is 1.71 bits per heavy atom. The fraction of sp³-hybridized carbons (Fsp3) is 0.174. The number of ether oxygens (including phenoxy) is 1. The highest BCUT2D eigenvalue weighted by Crippen LogP contribution is 2.26. The van der Waals surface area contributed by atoms with Crippen LogP contribution in [0, 0.1) is 0 Å². The summed E-state index contributed by atoms with van der Waals surface area (Å²) in [7, 11) is 2.04. The molecule has 0 unspecified atom stereocenters. The standard InChI is InChI=1S/C23H22N4O/c1-27(14-15-28-17-18-8-3-2-4-9-18)23-20-11-5-6-12-21(20)25-22(26-23)19-10-7-13-24-16-19/h2-13,16H,14-15,17H2,1H3. The van der Waals surface area contributed by atoms with Gasteiger partial charge in [0.1, 0.15) is 5.82 Å². The molecule has 5 nitrogen and oxygen atoms in total. The maximum absolute atomic E-state index is 5.84. The molecule has 0 aliphatic heterocycles. The molecule has 0 fully saturated rings. The molecule has 0 radical (unpaired) electrons. The summed E-state index contributed by atoms with van der Waals surface area (Å²) < 4.78 is 5.84. The first-order valence-electron chi connectivity index (χ1n) is 9.31. The lowest BCUT2D eigenvalue weighted by Gasteiger charge is -2.20. The van der Waals surface area contributed by atoms with E-state index in [9.17, 15) is 0 Å². The Morgan fingerprint density at radius 1 is 0.893 bits per heavy atom. The minimum atomic E-state index is 0.611. The van der Waals surface area contributed by atoms with Crippen molar-refractivity contribution in [3.63, 3.8) is 0 Å². The lowest BCUT2D eigenvalue weighted by molar-refractivity contribution is 0.127. The first-order valence-corrected chi connectivity index (χ1v) is 9.31. The quantitative estimate of drug-likeness (QED) is 0.453. The topological polar surface area (TPSA) is 51.1 Å². The van der Waals surface area contributed by atoms with E-state index in [1.165, 1.54) is 5.56 Å². The average molecular weight is 370 g/mol. The monoisotopic (exact) mass is 370 g/mol. The normalized spacial score (nSPS) is 10.9. The van der Waals surface area contributed by atoms with Crippen molar-refractivity contribution >= 4 is 16.7 Å². The zero-order chi connectivity index (χ0) is 19.2. The molecule has 0 aliphatic rings. The zero-order valence-electron chi connectivity index (χ0n) is 15.8. The number of rotatable bonds is 7. The minimum Gasteiger partial charge on any atom is -0.375 e. The second kappa shape index (κ2) is 8.59. The van der Waals surface area contributed by atoms with Crippen molar-refractivity contribution in [3.05, 3.63) is 84.7 Å². The van der Waals surface area contributed by atoms with Crippen LogP contribution in [0.3, 0.4) is 0 Å². The van der Waals surface area contributed by atoms with Gasteiger partial charge >= 0.3 is 0 Å². The van der Waals surface area contributed by atoms with E-state index in [4.69, 9.17) is 14.7 Å². The van der Waals surface area contributed by atoms with Crippen molar-refractivity contribution in [3.8, 4) is 11.4 Å². The van der Waals surface area contributed by atoms with Gasteiger partial charge in [0.2, 0.25) is 0 Å². The summed E-state index contributed by atoms with van der Waals surface area (Å²) in [5, 5.41) is 1.03. The summed E-state index contributed by atoms with van der Waals surface area (Å²) >= 11 is 0. The van der Waals surface area contributed by atoms with E-state index < -0.39 is 0 Å². The van der Waals surface area contributed by atoms with E-state index in [0.717, 1.165) is 28.8 Å². The molecular weight excluding hydrogens is 348 g/mol. The van der Waals surface area contributed by atoms with Gasteiger partial charge in [0, 0.05) is 36.9 Å². The summed E-state index contributed by atoms with van der Waals surface area (Å²) in [6.45, 7) is 1.96. The van der Waals surface area contributed by atoms with E-state index in [-0.39, 0.29) is 0 Å². The number of aromatic nitrogens is 3. The summed E-state index contributed by atoms with van der Waals surface area (Å²) in [5.41, 5.74) is 3.00. The smallest absolute Gasteiger partial charge is 0.163 e. The van der Waals surface area contributed by atoms with Crippen molar-refractivity contribution in [1.82, 2.24) is 15.0 Å². The van der Waals surface area contributed by atoms with Crippen LogP contribution in [0.4, 0.5) is 5.82 Å². The average Bonchev–Trinajstić information content (AvgIpc) is 2.77. The van der Waals surface area contributed by atoms with Crippen LogP contribution < -0.4 is 4.90 Å². The number of pyridine rings is 1. The van der Waals surface area contributed by atoms with Gasteiger partial charge < -0.3 is 9.64 Å². The van der Waals surface area contributed by atoms with Crippen LogP contribution in [0.25, 0.3) is 22.3 Å². The number of para-hydroxylation sites is 1. The lowest BCUT2D eigenvalue weighted by Crippen LogP contribution is -2.24. The molecule has 0 bridgehead atoms. The molecule has 0 saturated carbocycles. The zero-order valence-corrected chi connectivity index (χ0v) is 15.8. The second-order valence-electron chi connectivity index (χ2n) is 6.59. The molecule has 2 aromatic heterocycles. The van der Waals surface area contributed by atoms with Gasteiger partial charge in [-0.25, -0.2) is 9.97 Å². The maximum atomic E-state index is 5.84. The molecule has 2 heterocycles. The van der Waals surface area contributed by atoms with Gasteiger partial charge in [-0.2, -0.15) is 0 Å². The summed E-state index contributed by atoms with van der Waals surface area (Å²) in [6, 6.07) is 22.2. The van der Waals surface area contributed by atoms with Crippen LogP contribution in [0.1, 0.15) is 5.56 Å². The van der Waals surface area contributed by atoms with Crippen LogP contribution in [0.2, 0.25) is 0 Å². The highest BCUT2D eigenvalue weighted by molar-refractivity contribution is 5.90. The van der Waals surface area contributed by atoms with E-state index in [1.807, 2.05) is 55.6 Å². The maximum Gasteiger partial charge on any atom is 0.163 e. The van der Waals surface area contributed by atoms with Gasteiger partial charge in [0.25, 0.3) is 0 Å². The minimum absolute atomic E-state index is 0.611. The molecule has 140 valence electrons. The highest BCUT2D eigenvalue weighted by atomic mass is 16.5. The van der Waals surface area contributed by atoms with Crippen molar-refractivity contribution in [2.24, 2.45) is 0 Å². The van der Waals surface area contributed by atoms with Crippen LogP contribution in [-0.4, -0.2) is 35.2 Å². The Kier molecular flexibility index (Phi) is 5.54. The van der Waals surface area contributed by atoms with E-state index >= 15 is 0 Å². The van der Waals surface area contributed by atoms with Crippen LogP contribution in [-0.2, 0) is 11.3 Å². The fourth-order valence-corrected chi connectivity index (χ4v) is 3.05. The summed E-state index contributed by atoms with van der Waals surface area (Å²) in [5.74, 6) is 1.58.